The average molecular weight is 243 g/mol. The lowest BCUT2D eigenvalue weighted by Crippen LogP contribution is -2.07. The molecule has 1 rings (SSSR count). The van der Waals surface area contributed by atoms with Crippen LogP contribution in [0.25, 0.3) is 0 Å². The Kier molecular flexibility index (Phi) is 5.26. The summed E-state index contributed by atoms with van der Waals surface area (Å²) in [6.45, 7) is 3.94. The number of aliphatic hydroxyl groups excluding tert-OH is 1. The highest BCUT2D eigenvalue weighted by Gasteiger charge is 2.10. The van der Waals surface area contributed by atoms with E-state index < -0.39 is 6.10 Å². The first-order valence-corrected chi connectivity index (χ1v) is 5.89. The number of rotatable bonds is 5. The van der Waals surface area contributed by atoms with Crippen LogP contribution in [0.5, 0.6) is 0 Å². The SMILES string of the molecule is COC(C)CCC(O)c1ccc(C)c(Cl)c1. The van der Waals surface area contributed by atoms with E-state index in [-0.39, 0.29) is 6.10 Å². The van der Waals surface area contributed by atoms with Crippen LogP contribution in [0, 0.1) is 6.92 Å². The van der Waals surface area contributed by atoms with E-state index in [1.54, 1.807) is 7.11 Å². The minimum Gasteiger partial charge on any atom is -0.388 e. The first-order chi connectivity index (χ1) is 7.54. The number of benzene rings is 1. The van der Waals surface area contributed by atoms with Crippen molar-refractivity contribution >= 4 is 11.6 Å². The van der Waals surface area contributed by atoms with Gasteiger partial charge in [0.2, 0.25) is 0 Å². The molecule has 0 aliphatic heterocycles. The summed E-state index contributed by atoms with van der Waals surface area (Å²) in [6.07, 6.45) is 1.24. The van der Waals surface area contributed by atoms with Crippen LogP contribution in [-0.2, 0) is 4.74 Å². The van der Waals surface area contributed by atoms with Crippen molar-refractivity contribution < 1.29 is 9.84 Å². The van der Waals surface area contributed by atoms with Crippen molar-refractivity contribution in [3.63, 3.8) is 0 Å². The van der Waals surface area contributed by atoms with E-state index in [9.17, 15) is 5.11 Å². The Morgan fingerprint density at radius 2 is 2.06 bits per heavy atom. The fraction of sp³-hybridized carbons (Fsp3) is 0.538. The number of halogens is 1. The highest BCUT2D eigenvalue weighted by atomic mass is 35.5. The highest BCUT2D eigenvalue weighted by Crippen LogP contribution is 2.24. The number of hydrogen-bond donors (Lipinski definition) is 1. The monoisotopic (exact) mass is 242 g/mol. The molecule has 1 N–H and O–H groups in total. The Morgan fingerprint density at radius 1 is 1.38 bits per heavy atom. The molecule has 0 saturated heterocycles. The summed E-state index contributed by atoms with van der Waals surface area (Å²) >= 11 is 6.01. The molecule has 0 bridgehead atoms. The molecule has 0 heterocycles. The van der Waals surface area contributed by atoms with Crippen molar-refractivity contribution in [1.29, 1.82) is 0 Å². The minimum atomic E-state index is -0.462. The van der Waals surface area contributed by atoms with E-state index >= 15 is 0 Å². The van der Waals surface area contributed by atoms with Gasteiger partial charge in [-0.2, -0.15) is 0 Å². The molecule has 1 aromatic rings. The van der Waals surface area contributed by atoms with Crippen LogP contribution in [0.4, 0.5) is 0 Å². The van der Waals surface area contributed by atoms with Gasteiger partial charge in [-0.15, -0.1) is 0 Å². The fourth-order valence-electron chi connectivity index (χ4n) is 1.49. The maximum Gasteiger partial charge on any atom is 0.0791 e. The predicted molar refractivity (Wildman–Crippen MR) is 66.9 cm³/mol. The third-order valence-corrected chi connectivity index (χ3v) is 3.24. The summed E-state index contributed by atoms with van der Waals surface area (Å²) in [6, 6.07) is 5.68. The summed E-state index contributed by atoms with van der Waals surface area (Å²) in [5, 5.41) is 10.7. The maximum atomic E-state index is 9.97. The predicted octanol–water partition coefficient (Wildman–Crippen LogP) is 3.50. The van der Waals surface area contributed by atoms with Crippen LogP contribution in [0.2, 0.25) is 5.02 Å². The molecule has 3 heteroatoms. The van der Waals surface area contributed by atoms with Crippen LogP contribution >= 0.6 is 11.6 Å². The highest BCUT2D eigenvalue weighted by molar-refractivity contribution is 6.31. The van der Waals surface area contributed by atoms with Gasteiger partial charge in [0, 0.05) is 12.1 Å². The zero-order valence-corrected chi connectivity index (χ0v) is 10.8. The molecule has 2 atom stereocenters. The topological polar surface area (TPSA) is 29.5 Å². The molecule has 2 unspecified atom stereocenters. The molecule has 0 radical (unpaired) electrons. The van der Waals surface area contributed by atoms with Gasteiger partial charge in [-0.1, -0.05) is 23.7 Å². The molecule has 2 nitrogen and oxygen atoms in total. The van der Waals surface area contributed by atoms with Crippen molar-refractivity contribution in [3.8, 4) is 0 Å². The van der Waals surface area contributed by atoms with Gasteiger partial charge in [0.1, 0.15) is 0 Å². The summed E-state index contributed by atoms with van der Waals surface area (Å²) in [4.78, 5) is 0. The summed E-state index contributed by atoms with van der Waals surface area (Å²) in [5.41, 5.74) is 1.90. The second kappa shape index (κ2) is 6.24. The lowest BCUT2D eigenvalue weighted by molar-refractivity contribution is 0.0851. The Morgan fingerprint density at radius 3 is 2.62 bits per heavy atom. The van der Waals surface area contributed by atoms with Gasteiger partial charge >= 0.3 is 0 Å². The summed E-state index contributed by atoms with van der Waals surface area (Å²) < 4.78 is 5.14. The van der Waals surface area contributed by atoms with E-state index in [1.165, 1.54) is 0 Å². The zero-order valence-electron chi connectivity index (χ0n) is 10.0. The standard InChI is InChI=1S/C13H19ClO2/c1-9-4-6-11(8-12(9)14)13(15)7-5-10(2)16-3/h4,6,8,10,13,15H,5,7H2,1-3H3. The average Bonchev–Trinajstić information content (AvgIpc) is 2.29. The second-order valence-electron chi connectivity index (χ2n) is 4.15. The Labute approximate surface area is 102 Å². The van der Waals surface area contributed by atoms with Gasteiger partial charge in [-0.3, -0.25) is 0 Å². The van der Waals surface area contributed by atoms with Gasteiger partial charge < -0.3 is 9.84 Å². The number of aryl methyl sites for hydroxylation is 1. The molecule has 0 saturated carbocycles. The number of hydrogen-bond acceptors (Lipinski definition) is 2. The van der Waals surface area contributed by atoms with Crippen LogP contribution in [0.3, 0.4) is 0 Å². The first-order valence-electron chi connectivity index (χ1n) is 5.51. The fourth-order valence-corrected chi connectivity index (χ4v) is 1.68. The number of ether oxygens (including phenoxy) is 1. The second-order valence-corrected chi connectivity index (χ2v) is 4.56. The van der Waals surface area contributed by atoms with Gasteiger partial charge in [0.05, 0.1) is 12.2 Å². The van der Waals surface area contributed by atoms with Crippen LogP contribution in [0.1, 0.15) is 37.0 Å². The molecular weight excluding hydrogens is 224 g/mol. The summed E-state index contributed by atoms with van der Waals surface area (Å²) in [7, 11) is 1.68. The van der Waals surface area contributed by atoms with E-state index in [4.69, 9.17) is 16.3 Å². The van der Waals surface area contributed by atoms with Crippen molar-refractivity contribution in [2.24, 2.45) is 0 Å². The van der Waals surface area contributed by atoms with Crippen molar-refractivity contribution in [2.45, 2.75) is 38.9 Å². The lowest BCUT2D eigenvalue weighted by Gasteiger charge is -2.14. The third-order valence-electron chi connectivity index (χ3n) is 2.83. The normalized spacial score (nSPS) is 14.8. The van der Waals surface area contributed by atoms with Gasteiger partial charge in [0.25, 0.3) is 0 Å². The molecule has 0 aromatic heterocycles. The van der Waals surface area contributed by atoms with Gasteiger partial charge in [0.15, 0.2) is 0 Å². The van der Waals surface area contributed by atoms with E-state index in [0.717, 1.165) is 17.5 Å². The van der Waals surface area contributed by atoms with E-state index in [2.05, 4.69) is 0 Å². The number of aliphatic hydroxyl groups is 1. The molecule has 1 aromatic carbocycles. The van der Waals surface area contributed by atoms with Crippen molar-refractivity contribution in [2.75, 3.05) is 7.11 Å². The smallest absolute Gasteiger partial charge is 0.0791 e. The Bertz CT molecular complexity index is 339. The van der Waals surface area contributed by atoms with Crippen LogP contribution < -0.4 is 0 Å². The zero-order chi connectivity index (χ0) is 12.1. The molecule has 0 amide bonds. The van der Waals surface area contributed by atoms with Crippen molar-refractivity contribution in [1.82, 2.24) is 0 Å². The van der Waals surface area contributed by atoms with Crippen LogP contribution in [0.15, 0.2) is 18.2 Å². The quantitative estimate of drug-likeness (QED) is 0.857. The first kappa shape index (κ1) is 13.5. The van der Waals surface area contributed by atoms with Crippen LogP contribution in [-0.4, -0.2) is 18.3 Å². The molecular formula is C13H19ClO2. The maximum absolute atomic E-state index is 9.97. The Hall–Kier alpha value is -0.570. The van der Waals surface area contributed by atoms with E-state index in [1.807, 2.05) is 32.0 Å². The number of methoxy groups -OCH3 is 1. The molecule has 16 heavy (non-hydrogen) atoms. The van der Waals surface area contributed by atoms with Gasteiger partial charge in [-0.05, 0) is 43.9 Å². The summed E-state index contributed by atoms with van der Waals surface area (Å²) in [5.74, 6) is 0. The largest absolute Gasteiger partial charge is 0.388 e. The molecule has 0 aliphatic rings. The van der Waals surface area contributed by atoms with Gasteiger partial charge in [-0.25, -0.2) is 0 Å². The lowest BCUT2D eigenvalue weighted by atomic mass is 10.0. The molecule has 0 fully saturated rings. The third kappa shape index (κ3) is 3.78. The Balaban J connectivity index is 2.59. The van der Waals surface area contributed by atoms with Crippen molar-refractivity contribution in [3.05, 3.63) is 34.3 Å². The molecule has 90 valence electrons. The minimum absolute atomic E-state index is 0.176. The molecule has 0 aliphatic carbocycles. The van der Waals surface area contributed by atoms with E-state index in [0.29, 0.717) is 11.4 Å². The molecule has 0 spiro atoms.